The molecule has 0 aliphatic rings. The molecule has 64 valence electrons. The lowest BCUT2D eigenvalue weighted by molar-refractivity contribution is 1.55. The van der Waals surface area contributed by atoms with Gasteiger partial charge in [-0.05, 0) is 57.3 Å². The number of anilines is 1. The van der Waals surface area contributed by atoms with Crippen molar-refractivity contribution in [1.29, 1.82) is 0 Å². The van der Waals surface area contributed by atoms with Crippen molar-refractivity contribution in [1.82, 2.24) is 0 Å². The van der Waals surface area contributed by atoms with Gasteiger partial charge in [0.15, 0.2) is 0 Å². The maximum atomic E-state index is 5.80. The summed E-state index contributed by atoms with van der Waals surface area (Å²) in [5.74, 6) is 0. The molecule has 1 rings (SSSR count). The van der Waals surface area contributed by atoms with E-state index in [1.807, 2.05) is 12.1 Å². The lowest BCUT2D eigenvalue weighted by Gasteiger charge is -2.06. The summed E-state index contributed by atoms with van der Waals surface area (Å²) in [6, 6.07) is 3.92. The maximum Gasteiger partial charge on any atom is 0.0538 e. The third-order valence-electron chi connectivity index (χ3n) is 1.39. The van der Waals surface area contributed by atoms with Gasteiger partial charge in [0, 0.05) is 17.7 Å². The Morgan fingerprint density at radius 3 is 2.50 bits per heavy atom. The Morgan fingerprint density at radius 1 is 1.42 bits per heavy atom. The highest BCUT2D eigenvalue weighted by Gasteiger charge is 2.06. The molecule has 0 amide bonds. The number of nitrogen functional groups attached to an aromatic ring is 1. The van der Waals surface area contributed by atoms with E-state index in [1.54, 1.807) is 0 Å². The zero-order valence-electron chi connectivity index (χ0n) is 6.07. The topological polar surface area (TPSA) is 26.0 Å². The molecule has 0 aromatic heterocycles. The van der Waals surface area contributed by atoms with E-state index in [9.17, 15) is 0 Å². The fourth-order valence-electron chi connectivity index (χ4n) is 0.809. The summed E-state index contributed by atoms with van der Waals surface area (Å²) in [5, 5.41) is 0.490. The molecule has 1 aromatic carbocycles. The van der Waals surface area contributed by atoms with Crippen LogP contribution in [0, 0.1) is 7.14 Å². The van der Waals surface area contributed by atoms with E-state index < -0.39 is 0 Å². The molecule has 4 heteroatoms. The summed E-state index contributed by atoms with van der Waals surface area (Å²) in [7, 11) is 0. The third kappa shape index (κ3) is 2.26. The van der Waals surface area contributed by atoms with Crippen LogP contribution in [0.2, 0.25) is 0 Å². The second-order valence-electron chi connectivity index (χ2n) is 2.25. The summed E-state index contributed by atoms with van der Waals surface area (Å²) in [6.45, 7) is 3.65. The van der Waals surface area contributed by atoms with Crippen LogP contribution in [-0.4, -0.2) is 0 Å². The molecule has 2 N–H and O–H groups in total. The Kier molecular flexibility index (Phi) is 3.66. The van der Waals surface area contributed by atoms with Gasteiger partial charge in [-0.2, -0.15) is 0 Å². The van der Waals surface area contributed by atoms with Gasteiger partial charge in [0.2, 0.25) is 0 Å². The van der Waals surface area contributed by atoms with Crippen LogP contribution in [0.15, 0.2) is 18.7 Å². The first-order valence-electron chi connectivity index (χ1n) is 3.11. The molecule has 12 heavy (non-hydrogen) atoms. The van der Waals surface area contributed by atoms with E-state index in [-0.39, 0.29) is 0 Å². The molecule has 0 spiro atoms. The number of hydrogen-bond donors (Lipinski definition) is 1. The van der Waals surface area contributed by atoms with Crippen molar-refractivity contribution in [3.63, 3.8) is 0 Å². The van der Waals surface area contributed by atoms with Crippen molar-refractivity contribution in [2.45, 2.75) is 0 Å². The van der Waals surface area contributed by atoms with Gasteiger partial charge in [-0.15, -0.1) is 0 Å². The minimum Gasteiger partial charge on any atom is -0.397 e. The molecule has 0 fully saturated rings. The molecule has 0 aliphatic heterocycles. The Labute approximate surface area is 104 Å². The molecule has 0 radical (unpaired) electrons. The molecule has 0 bridgehead atoms. The Balaban J connectivity index is 3.37. The monoisotopic (exact) mass is 405 g/mol. The first-order valence-corrected chi connectivity index (χ1v) is 5.65. The highest BCUT2D eigenvalue weighted by atomic mass is 127. The first-order chi connectivity index (χ1) is 5.52. The van der Waals surface area contributed by atoms with Crippen molar-refractivity contribution < 1.29 is 0 Å². The maximum absolute atomic E-state index is 5.80. The van der Waals surface area contributed by atoms with Crippen LogP contribution in [0.3, 0.4) is 0 Å². The van der Waals surface area contributed by atoms with Gasteiger partial charge in [-0.3, -0.25) is 0 Å². The van der Waals surface area contributed by atoms with E-state index in [0.29, 0.717) is 10.7 Å². The molecule has 0 heterocycles. The predicted octanol–water partition coefficient (Wildman–Crippen LogP) is 3.69. The average molecular weight is 405 g/mol. The molecule has 0 atom stereocenters. The minimum absolute atomic E-state index is 0.490. The molecule has 0 unspecified atom stereocenters. The quantitative estimate of drug-likeness (QED) is 0.560. The molecule has 0 saturated carbocycles. The Morgan fingerprint density at radius 2 is 2.00 bits per heavy atom. The highest BCUT2D eigenvalue weighted by molar-refractivity contribution is 14.1. The van der Waals surface area contributed by atoms with Crippen molar-refractivity contribution in [3.8, 4) is 0 Å². The average Bonchev–Trinajstić information content (AvgIpc) is 1.96. The van der Waals surface area contributed by atoms with Crippen LogP contribution in [-0.2, 0) is 0 Å². The lowest BCUT2D eigenvalue weighted by Crippen LogP contribution is -1.95. The van der Waals surface area contributed by atoms with Gasteiger partial charge in [-0.1, -0.05) is 18.2 Å². The van der Waals surface area contributed by atoms with Gasteiger partial charge < -0.3 is 5.73 Å². The minimum atomic E-state index is 0.490. The van der Waals surface area contributed by atoms with Crippen LogP contribution in [0.4, 0.5) is 5.69 Å². The predicted molar refractivity (Wildman–Crippen MR) is 71.2 cm³/mol. The highest BCUT2D eigenvalue weighted by Crippen LogP contribution is 2.29. The summed E-state index contributed by atoms with van der Waals surface area (Å²) < 4.78 is 2.12. The summed E-state index contributed by atoms with van der Waals surface area (Å²) in [6.07, 6.45) is 0. The fourth-order valence-corrected chi connectivity index (χ4v) is 2.81. The zero-order chi connectivity index (χ0) is 9.30. The van der Waals surface area contributed by atoms with Gasteiger partial charge in [0.05, 0.1) is 5.69 Å². The first kappa shape index (κ1) is 10.6. The fraction of sp³-hybridized carbons (Fsp3) is 0. The number of rotatable bonds is 1. The molecule has 1 nitrogen and oxygen atoms in total. The Bertz CT molecular complexity index is 336. The Hall–Kier alpha value is 0.510. The number of benzene rings is 1. The van der Waals surface area contributed by atoms with Crippen LogP contribution >= 0.6 is 56.8 Å². The van der Waals surface area contributed by atoms with E-state index in [0.717, 1.165) is 12.7 Å². The summed E-state index contributed by atoms with van der Waals surface area (Å²) in [5.41, 5.74) is 7.33. The van der Waals surface area contributed by atoms with Crippen molar-refractivity contribution >= 4 is 67.5 Å². The molecular formula is C8H6ClI2N. The van der Waals surface area contributed by atoms with E-state index in [1.165, 1.54) is 0 Å². The molecule has 1 aromatic rings. The lowest BCUT2D eigenvalue weighted by atomic mass is 10.2. The SMILES string of the molecule is C=C(Cl)c1cc(I)cc(I)c1N. The number of nitrogens with two attached hydrogens (primary N) is 1. The summed E-state index contributed by atoms with van der Waals surface area (Å²) in [4.78, 5) is 0. The number of halogens is 3. The normalized spacial score (nSPS) is 9.92. The summed E-state index contributed by atoms with van der Waals surface area (Å²) >= 11 is 10.2. The van der Waals surface area contributed by atoms with E-state index in [2.05, 4.69) is 51.8 Å². The smallest absolute Gasteiger partial charge is 0.0538 e. The molecule has 0 aliphatic carbocycles. The second kappa shape index (κ2) is 4.15. The van der Waals surface area contributed by atoms with Crippen molar-refractivity contribution in [2.75, 3.05) is 5.73 Å². The largest absolute Gasteiger partial charge is 0.397 e. The van der Waals surface area contributed by atoms with Gasteiger partial charge in [-0.25, -0.2) is 0 Å². The van der Waals surface area contributed by atoms with Crippen molar-refractivity contribution in [3.05, 3.63) is 31.4 Å². The third-order valence-corrected chi connectivity index (χ3v) is 3.11. The zero-order valence-corrected chi connectivity index (χ0v) is 11.1. The molecule has 0 saturated heterocycles. The standard InChI is InChI=1S/C8H6ClI2N/c1-4(9)6-2-5(10)3-7(11)8(6)12/h2-3H,1,12H2. The van der Waals surface area contributed by atoms with E-state index >= 15 is 0 Å². The van der Waals surface area contributed by atoms with Crippen LogP contribution in [0.5, 0.6) is 0 Å². The van der Waals surface area contributed by atoms with Crippen molar-refractivity contribution in [2.24, 2.45) is 0 Å². The van der Waals surface area contributed by atoms with Gasteiger partial charge >= 0.3 is 0 Å². The van der Waals surface area contributed by atoms with Gasteiger partial charge in [0.25, 0.3) is 0 Å². The second-order valence-corrected chi connectivity index (χ2v) is 5.12. The van der Waals surface area contributed by atoms with Gasteiger partial charge in [0.1, 0.15) is 0 Å². The van der Waals surface area contributed by atoms with Crippen LogP contribution in [0.25, 0.3) is 5.03 Å². The number of hydrogen-bond acceptors (Lipinski definition) is 1. The molecular weight excluding hydrogens is 399 g/mol. The van der Waals surface area contributed by atoms with Crippen LogP contribution < -0.4 is 5.73 Å². The van der Waals surface area contributed by atoms with E-state index in [4.69, 9.17) is 17.3 Å². The van der Waals surface area contributed by atoms with Crippen LogP contribution in [0.1, 0.15) is 5.56 Å².